The summed E-state index contributed by atoms with van der Waals surface area (Å²) in [5, 5.41) is 0.548. The number of ether oxygens (including phenoxy) is 1. The zero-order chi connectivity index (χ0) is 15.6. The summed E-state index contributed by atoms with van der Waals surface area (Å²) >= 11 is 11.9. The molecule has 0 saturated carbocycles. The van der Waals surface area contributed by atoms with Gasteiger partial charge in [-0.15, -0.1) is 0 Å². The third-order valence-corrected chi connectivity index (χ3v) is 4.91. The summed E-state index contributed by atoms with van der Waals surface area (Å²) in [6.45, 7) is 0. The van der Waals surface area contributed by atoms with Crippen LogP contribution in [0.25, 0.3) is 0 Å². The first kappa shape index (κ1) is 15.9. The lowest BCUT2D eigenvalue weighted by Crippen LogP contribution is -2.18. The molecule has 0 fully saturated rings. The number of nitrogens with two attached hydrogens (primary N) is 1. The maximum absolute atomic E-state index is 11.8. The van der Waals surface area contributed by atoms with E-state index in [1.807, 2.05) is 0 Å². The second kappa shape index (κ2) is 6.11. The topological polar surface area (TPSA) is 81.4 Å². The third-order valence-electron chi connectivity index (χ3n) is 2.70. The number of nitrogens with one attached hydrogen (secondary N) is 1. The van der Waals surface area contributed by atoms with Crippen molar-refractivity contribution in [3.8, 4) is 11.5 Å². The summed E-state index contributed by atoms with van der Waals surface area (Å²) in [5.41, 5.74) is 6.07. The van der Waals surface area contributed by atoms with Gasteiger partial charge < -0.3 is 10.5 Å². The van der Waals surface area contributed by atoms with E-state index in [1.165, 1.54) is 25.2 Å². The van der Waals surface area contributed by atoms with Gasteiger partial charge in [-0.2, -0.15) is 0 Å². The van der Waals surface area contributed by atoms with Crippen LogP contribution in [-0.2, 0) is 10.0 Å². The number of benzene rings is 2. The standard InChI is InChI=1S/C13H12Cl2N2O3S/c1-17-21(18,19)8-5-6-10(16)12(7-8)20-11-4-2-3-9(14)13(11)15/h2-7,17H,16H2,1H3. The van der Waals surface area contributed by atoms with E-state index < -0.39 is 10.0 Å². The summed E-state index contributed by atoms with van der Waals surface area (Å²) in [7, 11) is -2.27. The largest absolute Gasteiger partial charge is 0.454 e. The van der Waals surface area contributed by atoms with Gasteiger partial charge in [0.25, 0.3) is 0 Å². The molecule has 2 aromatic carbocycles. The van der Waals surface area contributed by atoms with E-state index in [0.717, 1.165) is 0 Å². The van der Waals surface area contributed by atoms with Gasteiger partial charge in [-0.25, -0.2) is 13.1 Å². The Labute approximate surface area is 132 Å². The van der Waals surface area contributed by atoms with Gasteiger partial charge in [-0.3, -0.25) is 0 Å². The van der Waals surface area contributed by atoms with E-state index in [-0.39, 0.29) is 27.1 Å². The van der Waals surface area contributed by atoms with Gasteiger partial charge in [-0.05, 0) is 31.3 Å². The first-order chi connectivity index (χ1) is 9.85. The quantitative estimate of drug-likeness (QED) is 0.832. The van der Waals surface area contributed by atoms with Crippen molar-refractivity contribution in [3.05, 3.63) is 46.4 Å². The van der Waals surface area contributed by atoms with Crippen molar-refractivity contribution in [1.82, 2.24) is 4.72 Å². The maximum Gasteiger partial charge on any atom is 0.240 e. The number of halogens is 2. The third kappa shape index (κ3) is 3.41. The predicted molar refractivity (Wildman–Crippen MR) is 83.6 cm³/mol. The fraction of sp³-hybridized carbons (Fsp3) is 0.0769. The molecule has 0 saturated heterocycles. The average Bonchev–Trinajstić information content (AvgIpc) is 2.46. The van der Waals surface area contributed by atoms with Gasteiger partial charge in [0.05, 0.1) is 15.6 Å². The number of rotatable bonds is 4. The van der Waals surface area contributed by atoms with Crippen LogP contribution in [0.15, 0.2) is 41.3 Å². The van der Waals surface area contributed by atoms with Gasteiger partial charge in [0.1, 0.15) is 10.8 Å². The van der Waals surface area contributed by atoms with Gasteiger partial charge in [0.15, 0.2) is 5.75 Å². The second-order valence-corrected chi connectivity index (χ2v) is 6.73. The van der Waals surface area contributed by atoms with Crippen molar-refractivity contribution in [2.75, 3.05) is 12.8 Å². The van der Waals surface area contributed by atoms with Crippen LogP contribution in [-0.4, -0.2) is 15.5 Å². The second-order valence-electron chi connectivity index (χ2n) is 4.06. The number of nitrogen functional groups attached to an aromatic ring is 1. The molecule has 0 bridgehead atoms. The normalized spacial score (nSPS) is 11.4. The Kier molecular flexibility index (Phi) is 4.63. The van der Waals surface area contributed by atoms with Crippen molar-refractivity contribution >= 4 is 38.9 Å². The molecule has 0 aliphatic carbocycles. The fourth-order valence-corrected chi connectivity index (χ4v) is 2.64. The Balaban J connectivity index is 2.45. The molecular formula is C13H12Cl2N2O3S. The zero-order valence-corrected chi connectivity index (χ0v) is 13.3. The van der Waals surface area contributed by atoms with Crippen LogP contribution >= 0.6 is 23.2 Å². The van der Waals surface area contributed by atoms with Gasteiger partial charge in [0.2, 0.25) is 10.0 Å². The van der Waals surface area contributed by atoms with E-state index in [0.29, 0.717) is 5.02 Å². The Morgan fingerprint density at radius 1 is 1.14 bits per heavy atom. The lowest BCUT2D eigenvalue weighted by Gasteiger charge is -2.12. The molecule has 0 aliphatic heterocycles. The SMILES string of the molecule is CNS(=O)(=O)c1ccc(N)c(Oc2cccc(Cl)c2Cl)c1. The Bertz CT molecular complexity index is 779. The van der Waals surface area contributed by atoms with Crippen LogP contribution in [0.1, 0.15) is 0 Å². The van der Waals surface area contributed by atoms with Crippen molar-refractivity contribution in [3.63, 3.8) is 0 Å². The molecule has 3 N–H and O–H groups in total. The zero-order valence-electron chi connectivity index (χ0n) is 10.9. The molecule has 0 radical (unpaired) electrons. The van der Waals surface area contributed by atoms with E-state index in [2.05, 4.69) is 4.72 Å². The van der Waals surface area contributed by atoms with E-state index in [1.54, 1.807) is 18.2 Å². The highest BCUT2D eigenvalue weighted by Gasteiger charge is 2.15. The molecule has 0 heterocycles. The number of anilines is 1. The molecule has 21 heavy (non-hydrogen) atoms. The van der Waals surface area contributed by atoms with Crippen molar-refractivity contribution in [1.29, 1.82) is 0 Å². The Hall–Kier alpha value is -1.47. The average molecular weight is 347 g/mol. The monoisotopic (exact) mass is 346 g/mol. The molecule has 0 spiro atoms. The highest BCUT2D eigenvalue weighted by Crippen LogP contribution is 2.37. The molecule has 5 nitrogen and oxygen atoms in total. The van der Waals surface area contributed by atoms with Crippen LogP contribution in [0.4, 0.5) is 5.69 Å². The van der Waals surface area contributed by atoms with Gasteiger partial charge >= 0.3 is 0 Å². The minimum absolute atomic E-state index is 0.0346. The molecule has 0 amide bonds. The minimum atomic E-state index is -3.59. The summed E-state index contributed by atoms with van der Waals surface area (Å²) in [6.07, 6.45) is 0. The Morgan fingerprint density at radius 3 is 2.52 bits per heavy atom. The summed E-state index contributed by atoms with van der Waals surface area (Å²) < 4.78 is 31.4. The van der Waals surface area contributed by atoms with E-state index >= 15 is 0 Å². The molecule has 8 heteroatoms. The highest BCUT2D eigenvalue weighted by atomic mass is 35.5. The molecule has 2 rings (SSSR count). The molecule has 0 aromatic heterocycles. The number of hydrogen-bond acceptors (Lipinski definition) is 4. The lowest BCUT2D eigenvalue weighted by atomic mass is 10.3. The Morgan fingerprint density at radius 2 is 1.86 bits per heavy atom. The smallest absolute Gasteiger partial charge is 0.240 e. The number of hydrogen-bond donors (Lipinski definition) is 2. The van der Waals surface area contributed by atoms with Crippen LogP contribution in [0.2, 0.25) is 10.0 Å². The van der Waals surface area contributed by atoms with Crippen molar-refractivity contribution in [2.24, 2.45) is 0 Å². The first-order valence-corrected chi connectivity index (χ1v) is 8.04. The van der Waals surface area contributed by atoms with Gasteiger partial charge in [-0.1, -0.05) is 29.3 Å². The summed E-state index contributed by atoms with van der Waals surface area (Å²) in [6, 6.07) is 9.02. The molecule has 112 valence electrons. The molecule has 0 aliphatic rings. The van der Waals surface area contributed by atoms with E-state index in [9.17, 15) is 8.42 Å². The fourth-order valence-electron chi connectivity index (χ4n) is 1.57. The van der Waals surface area contributed by atoms with Crippen LogP contribution in [0.5, 0.6) is 11.5 Å². The summed E-state index contributed by atoms with van der Waals surface area (Å²) in [5.74, 6) is 0.463. The summed E-state index contributed by atoms with van der Waals surface area (Å²) in [4.78, 5) is 0.0346. The minimum Gasteiger partial charge on any atom is -0.454 e. The molecule has 0 unspecified atom stereocenters. The molecular weight excluding hydrogens is 335 g/mol. The number of sulfonamides is 1. The first-order valence-electron chi connectivity index (χ1n) is 5.80. The predicted octanol–water partition coefficient (Wildman–Crippen LogP) is 3.28. The van der Waals surface area contributed by atoms with Crippen molar-refractivity contribution < 1.29 is 13.2 Å². The van der Waals surface area contributed by atoms with Crippen LogP contribution < -0.4 is 15.2 Å². The van der Waals surface area contributed by atoms with E-state index in [4.69, 9.17) is 33.7 Å². The lowest BCUT2D eigenvalue weighted by molar-refractivity contribution is 0.483. The maximum atomic E-state index is 11.8. The van der Waals surface area contributed by atoms with Crippen LogP contribution in [0.3, 0.4) is 0 Å². The molecule has 2 aromatic rings. The van der Waals surface area contributed by atoms with Gasteiger partial charge in [0, 0.05) is 6.07 Å². The van der Waals surface area contributed by atoms with Crippen molar-refractivity contribution in [2.45, 2.75) is 4.90 Å². The molecule has 0 atom stereocenters. The van der Waals surface area contributed by atoms with Crippen LogP contribution in [0, 0.1) is 0 Å². The highest BCUT2D eigenvalue weighted by molar-refractivity contribution is 7.89.